The van der Waals surface area contributed by atoms with E-state index < -0.39 is 0 Å². The van der Waals surface area contributed by atoms with Crippen LogP contribution in [-0.4, -0.2) is 17.1 Å². The Morgan fingerprint density at radius 3 is 2.93 bits per heavy atom. The van der Waals surface area contributed by atoms with Crippen molar-refractivity contribution in [3.63, 3.8) is 0 Å². The number of aromatic nitrogens is 2. The summed E-state index contributed by atoms with van der Waals surface area (Å²) in [4.78, 5) is 18.4. The van der Waals surface area contributed by atoms with E-state index in [-0.39, 0.29) is 18.2 Å². The van der Waals surface area contributed by atoms with Crippen molar-refractivity contribution in [3.05, 3.63) is 27.9 Å². The number of H-pyrrole nitrogens is 1. The number of rotatable bonds is 4. The molecule has 1 aliphatic carbocycles. The van der Waals surface area contributed by atoms with E-state index in [0.29, 0.717) is 17.3 Å². The number of nitrogens with two attached hydrogens (primary N) is 1. The Balaban J connectivity index is 2.27. The van der Waals surface area contributed by atoms with Crippen LogP contribution >= 0.6 is 0 Å². The summed E-state index contributed by atoms with van der Waals surface area (Å²) in [6.45, 7) is 0.212. The quantitative estimate of drug-likeness (QED) is 0.748. The van der Waals surface area contributed by atoms with Gasteiger partial charge in [-0.15, -0.1) is 0 Å². The molecule has 0 aliphatic heterocycles. The largest absolute Gasteiger partial charge is 0.373 e. The first-order valence-corrected chi connectivity index (χ1v) is 5.07. The van der Waals surface area contributed by atoms with Crippen LogP contribution in [0.25, 0.3) is 0 Å². The van der Waals surface area contributed by atoms with Crippen molar-refractivity contribution in [2.24, 2.45) is 11.7 Å². The van der Waals surface area contributed by atoms with Gasteiger partial charge in [-0.05, 0) is 18.8 Å². The average molecular weight is 209 g/mol. The third-order valence-electron chi connectivity index (χ3n) is 2.69. The molecule has 0 amide bonds. The van der Waals surface area contributed by atoms with Gasteiger partial charge in [0.25, 0.3) is 5.56 Å². The molecule has 0 saturated heterocycles. The van der Waals surface area contributed by atoms with Crippen molar-refractivity contribution in [1.82, 2.24) is 9.97 Å². The lowest BCUT2D eigenvalue weighted by atomic mass is 10.2. The Bertz CT molecular complexity index is 398. The molecule has 1 atom stereocenters. The molecule has 0 radical (unpaired) electrons. The third-order valence-corrected chi connectivity index (χ3v) is 2.69. The zero-order valence-corrected chi connectivity index (χ0v) is 8.69. The Labute approximate surface area is 87.7 Å². The van der Waals surface area contributed by atoms with Crippen molar-refractivity contribution in [1.29, 1.82) is 0 Å². The van der Waals surface area contributed by atoms with E-state index in [0.717, 1.165) is 12.8 Å². The van der Waals surface area contributed by atoms with Gasteiger partial charge in [-0.1, -0.05) is 0 Å². The fourth-order valence-electron chi connectivity index (χ4n) is 1.65. The van der Waals surface area contributed by atoms with Crippen LogP contribution in [0.4, 0.5) is 0 Å². The molecule has 1 aliphatic rings. The van der Waals surface area contributed by atoms with Crippen LogP contribution in [0.1, 0.15) is 30.3 Å². The first-order chi connectivity index (χ1) is 7.26. The van der Waals surface area contributed by atoms with Gasteiger partial charge in [0.1, 0.15) is 11.9 Å². The van der Waals surface area contributed by atoms with Crippen LogP contribution in [0.3, 0.4) is 0 Å². The third kappa shape index (κ3) is 2.08. The topological polar surface area (TPSA) is 81.0 Å². The normalized spacial score (nSPS) is 17.7. The number of methoxy groups -OCH3 is 1. The number of ether oxygens (including phenoxy) is 1. The summed E-state index contributed by atoms with van der Waals surface area (Å²) < 4.78 is 5.32. The van der Waals surface area contributed by atoms with Gasteiger partial charge in [0, 0.05) is 25.4 Å². The number of aromatic amines is 1. The number of nitrogens with zero attached hydrogens (tertiary/aromatic N) is 1. The van der Waals surface area contributed by atoms with E-state index >= 15 is 0 Å². The predicted octanol–water partition coefficient (Wildman–Crippen LogP) is 0.326. The molecule has 15 heavy (non-hydrogen) atoms. The maximum absolute atomic E-state index is 11.5. The molecule has 1 fully saturated rings. The lowest BCUT2D eigenvalue weighted by Gasteiger charge is -2.13. The molecule has 2 rings (SSSR count). The van der Waals surface area contributed by atoms with Crippen LogP contribution in [0.15, 0.2) is 11.0 Å². The van der Waals surface area contributed by atoms with E-state index in [1.807, 2.05) is 0 Å². The molecular formula is C10H15N3O2. The monoisotopic (exact) mass is 209 g/mol. The van der Waals surface area contributed by atoms with Crippen molar-refractivity contribution < 1.29 is 4.74 Å². The molecule has 1 saturated carbocycles. The average Bonchev–Trinajstić information content (AvgIpc) is 3.03. The Hall–Kier alpha value is -1.20. The highest BCUT2D eigenvalue weighted by Gasteiger charge is 2.34. The second-order valence-electron chi connectivity index (χ2n) is 3.82. The summed E-state index contributed by atoms with van der Waals surface area (Å²) in [6.07, 6.45) is 3.73. The minimum absolute atomic E-state index is 0.0791. The first-order valence-electron chi connectivity index (χ1n) is 5.07. The van der Waals surface area contributed by atoms with E-state index in [1.165, 1.54) is 6.20 Å². The van der Waals surface area contributed by atoms with E-state index in [4.69, 9.17) is 10.5 Å². The molecule has 1 aromatic rings. The first kappa shape index (κ1) is 10.3. The van der Waals surface area contributed by atoms with Crippen LogP contribution in [0, 0.1) is 5.92 Å². The lowest BCUT2D eigenvalue weighted by molar-refractivity contribution is 0.0769. The number of hydrogen-bond acceptors (Lipinski definition) is 4. The summed E-state index contributed by atoms with van der Waals surface area (Å²) in [5.41, 5.74) is 5.73. The highest BCUT2D eigenvalue weighted by Crippen LogP contribution is 2.41. The summed E-state index contributed by atoms with van der Waals surface area (Å²) in [5, 5.41) is 0. The zero-order chi connectivity index (χ0) is 10.8. The molecule has 1 unspecified atom stereocenters. The molecule has 0 bridgehead atoms. The van der Waals surface area contributed by atoms with Crippen LogP contribution in [0.2, 0.25) is 0 Å². The highest BCUT2D eigenvalue weighted by molar-refractivity contribution is 5.08. The Morgan fingerprint density at radius 1 is 1.73 bits per heavy atom. The highest BCUT2D eigenvalue weighted by atomic mass is 16.5. The molecule has 3 N–H and O–H groups in total. The molecule has 0 spiro atoms. The van der Waals surface area contributed by atoms with Crippen molar-refractivity contribution in [3.8, 4) is 0 Å². The second-order valence-corrected chi connectivity index (χ2v) is 3.82. The zero-order valence-electron chi connectivity index (χ0n) is 8.69. The molecule has 82 valence electrons. The summed E-state index contributed by atoms with van der Waals surface area (Å²) >= 11 is 0. The Kier molecular flexibility index (Phi) is 2.83. The molecule has 5 heteroatoms. The van der Waals surface area contributed by atoms with Gasteiger partial charge in [0.15, 0.2) is 0 Å². The fraction of sp³-hybridized carbons (Fsp3) is 0.600. The molecular weight excluding hydrogens is 194 g/mol. The lowest BCUT2D eigenvalue weighted by Crippen LogP contribution is -2.21. The van der Waals surface area contributed by atoms with E-state index in [2.05, 4.69) is 9.97 Å². The second kappa shape index (κ2) is 4.12. The maximum Gasteiger partial charge on any atom is 0.255 e. The van der Waals surface area contributed by atoms with Gasteiger partial charge < -0.3 is 15.5 Å². The SMILES string of the molecule is COC(c1ncc(CN)c(=O)[nH]1)C1CC1. The molecule has 1 aromatic heterocycles. The van der Waals surface area contributed by atoms with Gasteiger partial charge in [-0.25, -0.2) is 4.98 Å². The predicted molar refractivity (Wildman–Crippen MR) is 55.2 cm³/mol. The van der Waals surface area contributed by atoms with Gasteiger partial charge in [-0.2, -0.15) is 0 Å². The van der Waals surface area contributed by atoms with Gasteiger partial charge in [0.2, 0.25) is 0 Å². The van der Waals surface area contributed by atoms with Crippen molar-refractivity contribution in [2.45, 2.75) is 25.5 Å². The molecule has 0 aromatic carbocycles. The Morgan fingerprint density at radius 2 is 2.47 bits per heavy atom. The van der Waals surface area contributed by atoms with E-state index in [9.17, 15) is 4.79 Å². The smallest absolute Gasteiger partial charge is 0.255 e. The minimum Gasteiger partial charge on any atom is -0.373 e. The summed E-state index contributed by atoms with van der Waals surface area (Å²) in [5.74, 6) is 1.11. The maximum atomic E-state index is 11.5. The van der Waals surface area contributed by atoms with Crippen molar-refractivity contribution >= 4 is 0 Å². The number of nitrogens with one attached hydrogen (secondary N) is 1. The minimum atomic E-state index is -0.162. The summed E-state index contributed by atoms with van der Waals surface area (Å²) in [7, 11) is 1.64. The van der Waals surface area contributed by atoms with Crippen LogP contribution in [0.5, 0.6) is 0 Å². The van der Waals surface area contributed by atoms with Crippen LogP contribution < -0.4 is 11.3 Å². The number of hydrogen-bond donors (Lipinski definition) is 2. The van der Waals surface area contributed by atoms with Gasteiger partial charge >= 0.3 is 0 Å². The standard InChI is InChI=1S/C10H15N3O2/c1-15-8(6-2-3-6)9-12-5-7(4-11)10(14)13-9/h5-6,8H,2-4,11H2,1H3,(H,12,13,14). The molecule has 1 heterocycles. The molecule has 5 nitrogen and oxygen atoms in total. The van der Waals surface area contributed by atoms with Crippen LogP contribution in [-0.2, 0) is 11.3 Å². The van der Waals surface area contributed by atoms with Crippen molar-refractivity contribution in [2.75, 3.05) is 7.11 Å². The van der Waals surface area contributed by atoms with Gasteiger partial charge in [-0.3, -0.25) is 4.79 Å². The fourth-order valence-corrected chi connectivity index (χ4v) is 1.65. The van der Waals surface area contributed by atoms with Gasteiger partial charge in [0.05, 0.1) is 0 Å². The van der Waals surface area contributed by atoms with E-state index in [1.54, 1.807) is 7.11 Å². The summed E-state index contributed by atoms with van der Waals surface area (Å²) in [6, 6.07) is 0.